The molecule has 4 heteroatoms. The lowest BCUT2D eigenvalue weighted by Gasteiger charge is -2.06. The normalized spacial score (nSPS) is 11.4. The number of nitrogens with one attached hydrogen (secondary N) is 1. The maximum atomic E-state index is 4.39. The van der Waals surface area contributed by atoms with Gasteiger partial charge in [0.15, 0.2) is 5.65 Å². The standard InChI is InChI=1S/C10H14N4/c1-14(2)7-5-9-12-8-4-3-6-11-10(8)13-9/h3-4,6H,5,7H2,1-2H3,(H,11,12,13). The fourth-order valence-electron chi connectivity index (χ4n) is 1.34. The summed E-state index contributed by atoms with van der Waals surface area (Å²) >= 11 is 0. The Morgan fingerprint density at radius 3 is 3.00 bits per heavy atom. The predicted octanol–water partition coefficient (Wildman–Crippen LogP) is 1.06. The van der Waals surface area contributed by atoms with Crippen molar-refractivity contribution in [3.63, 3.8) is 0 Å². The Kier molecular flexibility index (Phi) is 2.45. The average molecular weight is 190 g/mol. The van der Waals surface area contributed by atoms with Gasteiger partial charge >= 0.3 is 0 Å². The molecule has 0 aliphatic carbocycles. The number of likely N-dealkylation sites (N-methyl/N-ethyl adjacent to an activating group) is 1. The lowest BCUT2D eigenvalue weighted by Crippen LogP contribution is -2.15. The van der Waals surface area contributed by atoms with Gasteiger partial charge < -0.3 is 9.88 Å². The SMILES string of the molecule is CN(C)CCc1nc2ncccc2[nH]1. The second-order valence-electron chi connectivity index (χ2n) is 3.61. The summed E-state index contributed by atoms with van der Waals surface area (Å²) in [6, 6.07) is 3.91. The van der Waals surface area contributed by atoms with Crippen LogP contribution in [-0.4, -0.2) is 40.5 Å². The van der Waals surface area contributed by atoms with Gasteiger partial charge in [-0.3, -0.25) is 0 Å². The van der Waals surface area contributed by atoms with Crippen LogP contribution in [0.2, 0.25) is 0 Å². The first-order chi connectivity index (χ1) is 6.75. The summed E-state index contributed by atoms with van der Waals surface area (Å²) in [4.78, 5) is 14.0. The van der Waals surface area contributed by atoms with Crippen LogP contribution in [0.25, 0.3) is 11.2 Å². The highest BCUT2D eigenvalue weighted by molar-refractivity contribution is 5.69. The number of H-pyrrole nitrogens is 1. The van der Waals surface area contributed by atoms with Crippen molar-refractivity contribution in [2.45, 2.75) is 6.42 Å². The smallest absolute Gasteiger partial charge is 0.177 e. The molecule has 0 unspecified atom stereocenters. The number of aromatic nitrogens is 3. The van der Waals surface area contributed by atoms with Crippen LogP contribution in [0, 0.1) is 0 Å². The highest BCUT2D eigenvalue weighted by Gasteiger charge is 2.02. The van der Waals surface area contributed by atoms with Crippen molar-refractivity contribution in [2.75, 3.05) is 20.6 Å². The number of rotatable bonds is 3. The number of hydrogen-bond acceptors (Lipinski definition) is 3. The average Bonchev–Trinajstić information content (AvgIpc) is 2.57. The molecule has 2 rings (SSSR count). The van der Waals surface area contributed by atoms with E-state index in [9.17, 15) is 0 Å². The van der Waals surface area contributed by atoms with Gasteiger partial charge in [0, 0.05) is 19.2 Å². The first-order valence-corrected chi connectivity index (χ1v) is 4.70. The van der Waals surface area contributed by atoms with Gasteiger partial charge in [-0.1, -0.05) is 0 Å². The van der Waals surface area contributed by atoms with Crippen LogP contribution in [0.4, 0.5) is 0 Å². The minimum Gasteiger partial charge on any atom is -0.341 e. The molecule has 0 saturated heterocycles. The zero-order valence-electron chi connectivity index (χ0n) is 8.49. The van der Waals surface area contributed by atoms with Crippen molar-refractivity contribution in [1.82, 2.24) is 19.9 Å². The lowest BCUT2D eigenvalue weighted by molar-refractivity contribution is 0.410. The highest BCUT2D eigenvalue weighted by atomic mass is 15.1. The zero-order valence-corrected chi connectivity index (χ0v) is 8.49. The Hall–Kier alpha value is -1.42. The molecule has 2 heterocycles. The molecule has 0 aromatic carbocycles. The summed E-state index contributed by atoms with van der Waals surface area (Å²) in [5, 5.41) is 0. The quantitative estimate of drug-likeness (QED) is 0.787. The van der Waals surface area contributed by atoms with Crippen LogP contribution in [-0.2, 0) is 6.42 Å². The maximum Gasteiger partial charge on any atom is 0.177 e. The molecule has 0 saturated carbocycles. The Bertz CT molecular complexity index is 386. The topological polar surface area (TPSA) is 44.8 Å². The third kappa shape index (κ3) is 1.90. The minimum atomic E-state index is 0.807. The molecule has 2 aromatic rings. The van der Waals surface area contributed by atoms with Crippen LogP contribution < -0.4 is 0 Å². The Labute approximate surface area is 83.0 Å². The van der Waals surface area contributed by atoms with Gasteiger partial charge in [0.2, 0.25) is 0 Å². The molecule has 0 spiro atoms. The first kappa shape index (κ1) is 9.15. The lowest BCUT2D eigenvalue weighted by atomic mass is 10.4. The molecule has 74 valence electrons. The zero-order chi connectivity index (χ0) is 9.97. The minimum absolute atomic E-state index is 0.807. The largest absolute Gasteiger partial charge is 0.341 e. The molecule has 0 radical (unpaired) electrons. The summed E-state index contributed by atoms with van der Waals surface area (Å²) in [5.74, 6) is 1.01. The Morgan fingerprint density at radius 2 is 2.29 bits per heavy atom. The number of pyridine rings is 1. The van der Waals surface area contributed by atoms with Gasteiger partial charge in [-0.05, 0) is 26.2 Å². The van der Waals surface area contributed by atoms with Crippen molar-refractivity contribution in [3.05, 3.63) is 24.2 Å². The first-order valence-electron chi connectivity index (χ1n) is 4.70. The molecule has 14 heavy (non-hydrogen) atoms. The van der Waals surface area contributed by atoms with E-state index in [4.69, 9.17) is 0 Å². The van der Waals surface area contributed by atoms with Gasteiger partial charge in [0.05, 0.1) is 5.52 Å². The maximum absolute atomic E-state index is 4.39. The van der Waals surface area contributed by atoms with E-state index in [-0.39, 0.29) is 0 Å². The van der Waals surface area contributed by atoms with Gasteiger partial charge in [0.25, 0.3) is 0 Å². The fraction of sp³-hybridized carbons (Fsp3) is 0.400. The molecule has 0 bridgehead atoms. The summed E-state index contributed by atoms with van der Waals surface area (Å²) in [7, 11) is 4.11. The molecule has 0 aliphatic rings. The fourth-order valence-corrected chi connectivity index (χ4v) is 1.34. The van der Waals surface area contributed by atoms with Gasteiger partial charge in [-0.25, -0.2) is 9.97 Å². The van der Waals surface area contributed by atoms with Crippen LogP contribution in [0.5, 0.6) is 0 Å². The van der Waals surface area contributed by atoms with Crippen LogP contribution >= 0.6 is 0 Å². The number of hydrogen-bond donors (Lipinski definition) is 1. The van der Waals surface area contributed by atoms with Crippen LogP contribution in [0.3, 0.4) is 0 Å². The Morgan fingerprint density at radius 1 is 1.43 bits per heavy atom. The van der Waals surface area contributed by atoms with E-state index in [0.717, 1.165) is 30.0 Å². The number of fused-ring (bicyclic) bond motifs is 1. The van der Waals surface area contributed by atoms with E-state index in [2.05, 4.69) is 33.9 Å². The number of imidazole rings is 1. The summed E-state index contributed by atoms with van der Waals surface area (Å²) < 4.78 is 0. The van der Waals surface area contributed by atoms with Crippen molar-refractivity contribution in [1.29, 1.82) is 0 Å². The van der Waals surface area contributed by atoms with Gasteiger partial charge in [0.1, 0.15) is 5.82 Å². The van der Waals surface area contributed by atoms with Crippen molar-refractivity contribution >= 4 is 11.2 Å². The van der Waals surface area contributed by atoms with Crippen molar-refractivity contribution in [2.24, 2.45) is 0 Å². The third-order valence-electron chi connectivity index (χ3n) is 2.10. The van der Waals surface area contributed by atoms with Crippen molar-refractivity contribution < 1.29 is 0 Å². The molecule has 1 N–H and O–H groups in total. The van der Waals surface area contributed by atoms with E-state index >= 15 is 0 Å². The van der Waals surface area contributed by atoms with E-state index in [1.54, 1.807) is 6.20 Å². The molecule has 0 aliphatic heterocycles. The second-order valence-corrected chi connectivity index (χ2v) is 3.61. The molecule has 0 amide bonds. The predicted molar refractivity (Wildman–Crippen MR) is 56.1 cm³/mol. The molecule has 0 atom stereocenters. The highest BCUT2D eigenvalue weighted by Crippen LogP contribution is 2.07. The molecule has 0 fully saturated rings. The Balaban J connectivity index is 2.19. The van der Waals surface area contributed by atoms with Gasteiger partial charge in [-0.15, -0.1) is 0 Å². The van der Waals surface area contributed by atoms with E-state index in [1.165, 1.54) is 0 Å². The van der Waals surface area contributed by atoms with Crippen LogP contribution in [0.15, 0.2) is 18.3 Å². The monoisotopic (exact) mass is 190 g/mol. The second kappa shape index (κ2) is 3.75. The molecule has 4 nitrogen and oxygen atoms in total. The van der Waals surface area contributed by atoms with E-state index < -0.39 is 0 Å². The summed E-state index contributed by atoms with van der Waals surface area (Å²) in [6.45, 7) is 1.000. The van der Waals surface area contributed by atoms with E-state index in [1.807, 2.05) is 12.1 Å². The molecular weight excluding hydrogens is 176 g/mol. The number of aromatic amines is 1. The van der Waals surface area contributed by atoms with Crippen LogP contribution in [0.1, 0.15) is 5.82 Å². The molecule has 2 aromatic heterocycles. The third-order valence-corrected chi connectivity index (χ3v) is 2.10. The van der Waals surface area contributed by atoms with E-state index in [0.29, 0.717) is 0 Å². The summed E-state index contributed by atoms with van der Waals surface area (Å²) in [5.41, 5.74) is 1.82. The number of nitrogens with zero attached hydrogens (tertiary/aromatic N) is 3. The molecular formula is C10H14N4. The van der Waals surface area contributed by atoms with Crippen molar-refractivity contribution in [3.8, 4) is 0 Å². The summed E-state index contributed by atoms with van der Waals surface area (Å²) in [6.07, 6.45) is 2.70. The van der Waals surface area contributed by atoms with Gasteiger partial charge in [-0.2, -0.15) is 0 Å².